The van der Waals surface area contributed by atoms with Gasteiger partial charge in [0.2, 0.25) is 0 Å². The smallest absolute Gasteiger partial charge is 0.150 e. The van der Waals surface area contributed by atoms with E-state index in [-0.39, 0.29) is 0 Å². The van der Waals surface area contributed by atoms with Crippen LogP contribution in [-0.4, -0.2) is 14.4 Å². The summed E-state index contributed by atoms with van der Waals surface area (Å²) in [7, 11) is -1.79. The van der Waals surface area contributed by atoms with Crippen LogP contribution in [-0.2, 0) is 6.42 Å². The zero-order valence-corrected chi connectivity index (χ0v) is 16.1. The van der Waals surface area contributed by atoms with Crippen LogP contribution in [0.1, 0.15) is 63.0 Å². The lowest BCUT2D eigenvalue weighted by atomic mass is 10.1. The molecule has 1 aromatic carbocycles. The molecular formula is C20H27NOSi. The molecule has 23 heavy (non-hydrogen) atoms. The number of carbonyl (C=O) groups excluding carboxylic acids is 1. The van der Waals surface area contributed by atoms with Gasteiger partial charge in [-0.05, 0) is 40.4 Å². The van der Waals surface area contributed by atoms with Gasteiger partial charge in [-0.2, -0.15) is 5.26 Å². The van der Waals surface area contributed by atoms with Crippen molar-refractivity contribution in [2.75, 3.05) is 0 Å². The number of carbonyl (C=O) groups is 1. The van der Waals surface area contributed by atoms with Crippen molar-refractivity contribution in [3.63, 3.8) is 0 Å². The summed E-state index contributed by atoms with van der Waals surface area (Å²) in [6.45, 7) is 13.7. The average Bonchev–Trinajstić information content (AvgIpc) is 2.46. The second-order valence-electron chi connectivity index (χ2n) is 7.06. The largest absolute Gasteiger partial charge is 0.298 e. The van der Waals surface area contributed by atoms with Gasteiger partial charge in [0.25, 0.3) is 0 Å². The van der Waals surface area contributed by atoms with E-state index in [0.717, 1.165) is 17.4 Å². The fourth-order valence-electron chi connectivity index (χ4n) is 3.67. The van der Waals surface area contributed by atoms with Gasteiger partial charge in [0.1, 0.15) is 14.4 Å². The Balaban J connectivity index is 3.40. The van der Waals surface area contributed by atoms with Gasteiger partial charge >= 0.3 is 0 Å². The minimum Gasteiger partial charge on any atom is -0.298 e. The van der Waals surface area contributed by atoms with Crippen molar-refractivity contribution in [1.29, 1.82) is 5.26 Å². The van der Waals surface area contributed by atoms with Gasteiger partial charge in [-0.1, -0.05) is 47.5 Å². The molecule has 0 heterocycles. The molecule has 1 aromatic rings. The highest BCUT2D eigenvalue weighted by Crippen LogP contribution is 2.40. The maximum atomic E-state index is 11.1. The van der Waals surface area contributed by atoms with Gasteiger partial charge in [0.05, 0.1) is 12.5 Å². The maximum absolute atomic E-state index is 11.1. The summed E-state index contributed by atoms with van der Waals surface area (Å²) in [5.74, 6) is 3.35. The van der Waals surface area contributed by atoms with E-state index in [4.69, 9.17) is 5.26 Å². The van der Waals surface area contributed by atoms with Gasteiger partial charge in [0, 0.05) is 11.1 Å². The van der Waals surface area contributed by atoms with Crippen molar-refractivity contribution < 1.29 is 4.79 Å². The van der Waals surface area contributed by atoms with E-state index >= 15 is 0 Å². The second-order valence-corrected chi connectivity index (χ2v) is 12.6. The summed E-state index contributed by atoms with van der Waals surface area (Å²) in [5.41, 5.74) is 7.67. The van der Waals surface area contributed by atoms with E-state index in [1.807, 2.05) is 12.1 Å². The first-order valence-electron chi connectivity index (χ1n) is 8.27. The van der Waals surface area contributed by atoms with Crippen LogP contribution in [0.15, 0.2) is 18.2 Å². The number of nitriles is 1. The molecule has 0 unspecified atom stereocenters. The van der Waals surface area contributed by atoms with Crippen molar-refractivity contribution in [3.8, 4) is 17.5 Å². The van der Waals surface area contributed by atoms with Gasteiger partial charge in [-0.3, -0.25) is 4.79 Å². The van der Waals surface area contributed by atoms with Crippen molar-refractivity contribution in [2.24, 2.45) is 0 Å². The highest BCUT2D eigenvalue weighted by Gasteiger charge is 2.41. The molecule has 0 aliphatic rings. The first kappa shape index (κ1) is 19.2. The summed E-state index contributed by atoms with van der Waals surface area (Å²) in [4.78, 5) is 11.1. The van der Waals surface area contributed by atoms with Crippen LogP contribution in [0.3, 0.4) is 0 Å². The minimum atomic E-state index is -1.79. The normalized spacial score (nSPS) is 11.3. The molecule has 0 spiro atoms. The summed E-state index contributed by atoms with van der Waals surface area (Å²) >= 11 is 0. The van der Waals surface area contributed by atoms with E-state index in [0.29, 0.717) is 28.6 Å². The number of rotatable bonds is 5. The minimum absolute atomic E-state index is 0.303. The fourth-order valence-corrected chi connectivity index (χ4v) is 8.89. The third-order valence-corrected chi connectivity index (χ3v) is 11.0. The molecule has 0 N–H and O–H groups in total. The Labute approximate surface area is 141 Å². The molecule has 0 aliphatic carbocycles. The van der Waals surface area contributed by atoms with E-state index < -0.39 is 8.07 Å². The predicted octanol–water partition coefficient (Wildman–Crippen LogP) is 5.13. The van der Waals surface area contributed by atoms with Gasteiger partial charge in [0.15, 0.2) is 0 Å². The standard InChI is InChI=1S/C20H27NOSi/c1-15(2)23(16(3)4,17(5)6)10-8-19-11-18(7-9-21)12-20(13-19)14-22/h11-17H,7H2,1-6H3. The van der Waals surface area contributed by atoms with Crippen LogP contribution in [0.5, 0.6) is 0 Å². The maximum Gasteiger partial charge on any atom is 0.150 e. The Bertz CT molecular complexity index is 635. The van der Waals surface area contributed by atoms with Crippen LogP contribution in [0.2, 0.25) is 16.6 Å². The highest BCUT2D eigenvalue weighted by atomic mass is 28.3. The molecule has 0 saturated carbocycles. The number of nitrogens with zero attached hydrogens (tertiary/aromatic N) is 1. The van der Waals surface area contributed by atoms with Gasteiger partial charge < -0.3 is 0 Å². The number of hydrogen-bond acceptors (Lipinski definition) is 2. The predicted molar refractivity (Wildman–Crippen MR) is 99.1 cm³/mol. The first-order chi connectivity index (χ1) is 10.8. The zero-order valence-electron chi connectivity index (χ0n) is 15.1. The topological polar surface area (TPSA) is 40.9 Å². The number of hydrogen-bond donors (Lipinski definition) is 0. The third kappa shape index (κ3) is 4.33. The molecule has 0 radical (unpaired) electrons. The van der Waals surface area contributed by atoms with Crippen LogP contribution >= 0.6 is 0 Å². The van der Waals surface area contributed by atoms with E-state index in [2.05, 4.69) is 59.1 Å². The Morgan fingerprint density at radius 1 is 1.04 bits per heavy atom. The second kappa shape index (κ2) is 8.13. The van der Waals surface area contributed by atoms with Crippen molar-refractivity contribution in [1.82, 2.24) is 0 Å². The molecule has 0 bridgehead atoms. The lowest BCUT2D eigenvalue weighted by Gasteiger charge is -2.38. The molecule has 122 valence electrons. The van der Waals surface area contributed by atoms with Crippen LogP contribution in [0, 0.1) is 22.8 Å². The quantitative estimate of drug-likeness (QED) is 0.427. The summed E-state index contributed by atoms with van der Waals surface area (Å²) < 4.78 is 0. The monoisotopic (exact) mass is 325 g/mol. The van der Waals surface area contributed by atoms with Crippen molar-refractivity contribution in [3.05, 3.63) is 34.9 Å². The average molecular weight is 326 g/mol. The van der Waals surface area contributed by atoms with E-state index in [9.17, 15) is 4.79 Å². The van der Waals surface area contributed by atoms with Gasteiger partial charge in [-0.15, -0.1) is 5.54 Å². The third-order valence-electron chi connectivity index (χ3n) is 4.72. The Morgan fingerprint density at radius 2 is 1.61 bits per heavy atom. The van der Waals surface area contributed by atoms with Gasteiger partial charge in [-0.25, -0.2) is 0 Å². The molecule has 3 heteroatoms. The van der Waals surface area contributed by atoms with Crippen molar-refractivity contribution in [2.45, 2.75) is 64.6 Å². The highest BCUT2D eigenvalue weighted by molar-refractivity contribution is 6.90. The van der Waals surface area contributed by atoms with E-state index in [1.54, 1.807) is 6.07 Å². The molecule has 2 nitrogen and oxygen atoms in total. The Morgan fingerprint density at radius 3 is 2.04 bits per heavy atom. The number of aldehydes is 1. The Kier molecular flexibility index (Phi) is 6.79. The van der Waals surface area contributed by atoms with Crippen LogP contribution in [0.4, 0.5) is 0 Å². The lowest BCUT2D eigenvalue weighted by molar-refractivity contribution is 0.112. The number of benzene rings is 1. The molecule has 0 amide bonds. The summed E-state index contributed by atoms with van der Waals surface area (Å²) in [5, 5.41) is 8.88. The Hall–Kier alpha value is -1.84. The molecule has 1 rings (SSSR count). The van der Waals surface area contributed by atoms with E-state index in [1.165, 1.54) is 0 Å². The van der Waals surface area contributed by atoms with Crippen LogP contribution < -0.4 is 0 Å². The molecule has 0 fully saturated rings. The molecular weight excluding hydrogens is 298 g/mol. The summed E-state index contributed by atoms with van der Waals surface area (Å²) in [6, 6.07) is 7.65. The lowest BCUT2D eigenvalue weighted by Crippen LogP contribution is -2.43. The fraction of sp³-hybridized carbons (Fsp3) is 0.500. The van der Waals surface area contributed by atoms with Crippen molar-refractivity contribution >= 4 is 14.4 Å². The SMILES string of the molecule is CC(C)[Si](C#Cc1cc(C=O)cc(CC#N)c1)(C(C)C)C(C)C. The molecule has 0 atom stereocenters. The van der Waals surface area contributed by atoms with Crippen LogP contribution in [0.25, 0.3) is 0 Å². The summed E-state index contributed by atoms with van der Waals surface area (Å²) in [6.07, 6.45) is 1.13. The molecule has 0 aliphatic heterocycles. The first-order valence-corrected chi connectivity index (χ1v) is 10.5. The zero-order chi connectivity index (χ0) is 17.6. The molecule has 0 aromatic heterocycles. The molecule has 0 saturated heterocycles.